The zero-order valence-electron chi connectivity index (χ0n) is 14.0. The number of thiocarbonyl (C=S) groups is 1. The summed E-state index contributed by atoms with van der Waals surface area (Å²) in [5.41, 5.74) is 1.23. The largest absolute Gasteiger partial charge is 0.506 e. The lowest BCUT2D eigenvalue weighted by molar-refractivity contribution is -0.122. The summed E-state index contributed by atoms with van der Waals surface area (Å²) in [7, 11) is 0. The summed E-state index contributed by atoms with van der Waals surface area (Å²) in [6.07, 6.45) is 1.86. The molecule has 2 amide bonds. The Morgan fingerprint density at radius 3 is 2.78 bits per heavy atom. The van der Waals surface area contributed by atoms with Crippen LogP contribution >= 0.6 is 39.9 Å². The van der Waals surface area contributed by atoms with E-state index in [0.717, 1.165) is 10.0 Å². The van der Waals surface area contributed by atoms with Crippen molar-refractivity contribution in [3.8, 4) is 5.75 Å². The van der Waals surface area contributed by atoms with Crippen molar-refractivity contribution in [1.29, 1.82) is 0 Å². The van der Waals surface area contributed by atoms with Crippen molar-refractivity contribution < 1.29 is 14.7 Å². The summed E-state index contributed by atoms with van der Waals surface area (Å²) in [6, 6.07) is 14.1. The molecule has 0 spiro atoms. The van der Waals surface area contributed by atoms with Gasteiger partial charge in [-0.15, -0.1) is 0 Å². The number of nitrogens with zero attached hydrogens (tertiary/aromatic N) is 1. The summed E-state index contributed by atoms with van der Waals surface area (Å²) >= 11 is 9.91. The molecule has 1 aliphatic rings. The van der Waals surface area contributed by atoms with Gasteiger partial charge in [-0.25, -0.2) is 0 Å². The number of carbonyl (C=O) groups excluding carboxylic acids is 2. The zero-order valence-corrected chi connectivity index (χ0v) is 17.2. The first-order valence-corrected chi connectivity index (χ1v) is 10.0. The lowest BCUT2D eigenvalue weighted by Crippen LogP contribution is -2.31. The number of benzene rings is 2. The van der Waals surface area contributed by atoms with E-state index in [2.05, 4.69) is 21.2 Å². The summed E-state index contributed by atoms with van der Waals surface area (Å²) < 4.78 is 1.35. The normalized spacial score (nSPS) is 15.4. The highest BCUT2D eigenvalue weighted by Gasteiger charge is 2.32. The maximum absolute atomic E-state index is 12.6. The van der Waals surface area contributed by atoms with Crippen LogP contribution in [0.15, 0.2) is 57.9 Å². The van der Waals surface area contributed by atoms with Crippen LogP contribution in [0.5, 0.6) is 5.75 Å². The molecule has 2 aromatic rings. The highest BCUT2D eigenvalue weighted by Crippen LogP contribution is 2.33. The first kappa shape index (κ1) is 19.6. The van der Waals surface area contributed by atoms with Crippen LogP contribution in [0, 0.1) is 0 Å². The Labute approximate surface area is 174 Å². The lowest BCUT2D eigenvalue weighted by atomic mass is 10.2. The van der Waals surface area contributed by atoms with Crippen molar-refractivity contribution in [2.24, 2.45) is 0 Å². The predicted octanol–water partition coefficient (Wildman–Crippen LogP) is 4.38. The number of anilines is 1. The molecule has 138 valence electrons. The van der Waals surface area contributed by atoms with Crippen molar-refractivity contribution >= 4 is 67.8 Å². The molecule has 27 heavy (non-hydrogen) atoms. The first-order chi connectivity index (χ1) is 12.9. The highest BCUT2D eigenvalue weighted by molar-refractivity contribution is 9.10. The molecule has 3 rings (SSSR count). The Balaban J connectivity index is 1.62. The minimum absolute atomic E-state index is 0.00610. The monoisotopic (exact) mass is 462 g/mol. The maximum atomic E-state index is 12.6. The molecule has 0 unspecified atom stereocenters. The van der Waals surface area contributed by atoms with Crippen LogP contribution in [0.25, 0.3) is 6.08 Å². The van der Waals surface area contributed by atoms with Crippen LogP contribution in [-0.4, -0.2) is 32.7 Å². The van der Waals surface area contributed by atoms with E-state index >= 15 is 0 Å². The molecule has 1 aliphatic heterocycles. The van der Waals surface area contributed by atoms with E-state index in [9.17, 15) is 14.7 Å². The molecule has 0 atom stereocenters. The van der Waals surface area contributed by atoms with Gasteiger partial charge in [0.2, 0.25) is 5.91 Å². The molecule has 0 saturated carbocycles. The maximum Gasteiger partial charge on any atom is 0.266 e. The Morgan fingerprint density at radius 2 is 2.04 bits per heavy atom. The second kappa shape index (κ2) is 8.69. The van der Waals surface area contributed by atoms with E-state index < -0.39 is 0 Å². The molecule has 0 radical (unpaired) electrons. The van der Waals surface area contributed by atoms with Gasteiger partial charge in [-0.1, -0.05) is 64.2 Å². The number of halogens is 1. The Kier molecular flexibility index (Phi) is 6.30. The van der Waals surface area contributed by atoms with Gasteiger partial charge in [0.05, 0.1) is 10.6 Å². The molecular weight excluding hydrogens is 448 g/mol. The van der Waals surface area contributed by atoms with Gasteiger partial charge in [0.25, 0.3) is 5.91 Å². The molecule has 1 saturated heterocycles. The third-order valence-electron chi connectivity index (χ3n) is 3.76. The van der Waals surface area contributed by atoms with Crippen LogP contribution < -0.4 is 5.32 Å². The lowest BCUT2D eigenvalue weighted by Gasteiger charge is -2.14. The fourth-order valence-corrected chi connectivity index (χ4v) is 4.17. The molecule has 5 nitrogen and oxygen atoms in total. The number of phenols is 1. The van der Waals surface area contributed by atoms with E-state index in [-0.39, 0.29) is 30.5 Å². The van der Waals surface area contributed by atoms with E-state index in [1.54, 1.807) is 24.3 Å². The van der Waals surface area contributed by atoms with Gasteiger partial charge in [0.1, 0.15) is 10.1 Å². The van der Waals surface area contributed by atoms with Gasteiger partial charge in [-0.2, -0.15) is 0 Å². The molecule has 1 heterocycles. The number of hydrogen-bond acceptors (Lipinski definition) is 5. The van der Waals surface area contributed by atoms with Gasteiger partial charge in [0, 0.05) is 17.4 Å². The van der Waals surface area contributed by atoms with Crippen molar-refractivity contribution in [2.75, 3.05) is 11.9 Å². The summed E-state index contributed by atoms with van der Waals surface area (Å²) in [6.45, 7) is 0.180. The number of thioether (sulfide) groups is 1. The average Bonchev–Trinajstić information content (AvgIpc) is 2.88. The van der Waals surface area contributed by atoms with Crippen molar-refractivity contribution in [2.45, 2.75) is 6.42 Å². The Hall–Kier alpha value is -2.16. The van der Waals surface area contributed by atoms with Gasteiger partial charge >= 0.3 is 0 Å². The SMILES string of the molecule is O=C(CCN1C(=O)C(=Cc2cccc(Br)c2)SC1=S)Nc1ccccc1O. The predicted molar refractivity (Wildman–Crippen MR) is 115 cm³/mol. The molecular formula is C19H15BrN2O3S2. The Bertz CT molecular complexity index is 946. The van der Waals surface area contributed by atoms with E-state index in [0.29, 0.717) is 14.9 Å². The molecule has 2 N–H and O–H groups in total. The first-order valence-electron chi connectivity index (χ1n) is 8.03. The number of phenolic OH excluding ortho intramolecular Hbond substituents is 1. The fraction of sp³-hybridized carbons (Fsp3) is 0.105. The highest BCUT2D eigenvalue weighted by atomic mass is 79.9. The smallest absolute Gasteiger partial charge is 0.266 e. The number of carbonyl (C=O) groups is 2. The Morgan fingerprint density at radius 1 is 1.26 bits per heavy atom. The third kappa shape index (κ3) is 4.97. The minimum Gasteiger partial charge on any atom is -0.506 e. The number of aromatic hydroxyl groups is 1. The third-order valence-corrected chi connectivity index (χ3v) is 5.63. The molecule has 0 bridgehead atoms. The van der Waals surface area contributed by atoms with Crippen LogP contribution in [0.4, 0.5) is 5.69 Å². The van der Waals surface area contributed by atoms with Crippen LogP contribution in [0.3, 0.4) is 0 Å². The van der Waals surface area contributed by atoms with E-state index in [4.69, 9.17) is 12.2 Å². The average molecular weight is 463 g/mol. The number of hydrogen-bond donors (Lipinski definition) is 2. The number of rotatable bonds is 5. The standard InChI is InChI=1S/C19H15BrN2O3S2/c20-13-5-3-4-12(10-13)11-16-18(25)22(19(26)27-16)9-8-17(24)21-14-6-1-2-7-15(14)23/h1-7,10-11,23H,8-9H2,(H,21,24). The summed E-state index contributed by atoms with van der Waals surface area (Å²) in [5.74, 6) is -0.518. The summed E-state index contributed by atoms with van der Waals surface area (Å²) in [5, 5.41) is 12.3. The number of amides is 2. The zero-order chi connectivity index (χ0) is 19.4. The minimum atomic E-state index is -0.304. The quantitative estimate of drug-likeness (QED) is 0.391. The molecule has 8 heteroatoms. The molecule has 0 aliphatic carbocycles. The van der Waals surface area contributed by atoms with Crippen molar-refractivity contribution in [3.63, 3.8) is 0 Å². The molecule has 0 aromatic heterocycles. The van der Waals surface area contributed by atoms with Crippen molar-refractivity contribution in [3.05, 3.63) is 63.5 Å². The van der Waals surface area contributed by atoms with Gasteiger partial charge < -0.3 is 10.4 Å². The summed E-state index contributed by atoms with van der Waals surface area (Å²) in [4.78, 5) is 26.7. The number of para-hydroxylation sites is 2. The topological polar surface area (TPSA) is 69.6 Å². The van der Waals surface area contributed by atoms with Crippen molar-refractivity contribution in [1.82, 2.24) is 4.90 Å². The van der Waals surface area contributed by atoms with E-state index in [1.807, 2.05) is 24.3 Å². The van der Waals surface area contributed by atoms with Crippen LogP contribution in [0.1, 0.15) is 12.0 Å². The fourth-order valence-electron chi connectivity index (χ4n) is 2.45. The van der Waals surface area contributed by atoms with Crippen LogP contribution in [-0.2, 0) is 9.59 Å². The van der Waals surface area contributed by atoms with E-state index in [1.165, 1.54) is 22.7 Å². The van der Waals surface area contributed by atoms with Gasteiger partial charge in [0.15, 0.2) is 0 Å². The van der Waals surface area contributed by atoms with Crippen LogP contribution in [0.2, 0.25) is 0 Å². The number of nitrogens with one attached hydrogen (secondary N) is 1. The molecule has 2 aromatic carbocycles. The van der Waals surface area contributed by atoms with Gasteiger partial charge in [-0.3, -0.25) is 14.5 Å². The van der Waals surface area contributed by atoms with Gasteiger partial charge in [-0.05, 0) is 35.9 Å². The second-order valence-corrected chi connectivity index (χ2v) is 8.30. The second-order valence-electron chi connectivity index (χ2n) is 5.70. The molecule has 1 fully saturated rings.